The average Bonchev–Trinajstić information content (AvgIpc) is 2.06. The largest absolute Gasteiger partial charge is 0.501 e. The Bertz CT molecular complexity index is 94.4. The number of hydrogen-bond acceptors (Lipinski definition) is 3. The second kappa shape index (κ2) is 7.81. The van der Waals surface area contributed by atoms with Gasteiger partial charge in [-0.25, -0.2) is 0 Å². The Morgan fingerprint density at radius 3 is 1.54 bits per heavy atom. The van der Waals surface area contributed by atoms with Crippen LogP contribution in [0.3, 0.4) is 0 Å². The van der Waals surface area contributed by atoms with Gasteiger partial charge in [-0.3, -0.25) is 0 Å². The van der Waals surface area contributed by atoms with Gasteiger partial charge in [-0.1, -0.05) is 12.6 Å². The summed E-state index contributed by atoms with van der Waals surface area (Å²) in [4.78, 5) is 0. The quantitative estimate of drug-likeness (QED) is 0.591. The summed E-state index contributed by atoms with van der Waals surface area (Å²) in [5.74, 6) is 0.631. The van der Waals surface area contributed by atoms with Crippen LogP contribution in [0.4, 0.5) is 0 Å². The van der Waals surface area contributed by atoms with E-state index in [-0.39, 0.29) is 0 Å². The first kappa shape index (κ1) is 13.4. The molecule has 13 heavy (non-hydrogen) atoms. The van der Waals surface area contributed by atoms with Crippen LogP contribution in [-0.4, -0.2) is 34.4 Å². The van der Waals surface area contributed by atoms with E-state index in [9.17, 15) is 0 Å². The van der Waals surface area contributed by atoms with Gasteiger partial charge in [-0.05, 0) is 20.8 Å². The molecule has 0 aliphatic carbocycles. The van der Waals surface area contributed by atoms with Crippen LogP contribution in [0.5, 0.6) is 0 Å². The zero-order chi connectivity index (χ0) is 10.2. The topological polar surface area (TPSA) is 27.7 Å². The summed E-state index contributed by atoms with van der Waals surface area (Å²) in [6.07, 6.45) is 0. The molecule has 3 nitrogen and oxygen atoms in total. The highest BCUT2D eigenvalue weighted by Crippen LogP contribution is 2.16. The second-order valence-electron chi connectivity index (χ2n) is 2.44. The molecule has 5 heteroatoms. The molecule has 0 N–H and O–H groups in total. The van der Waals surface area contributed by atoms with Crippen molar-refractivity contribution in [2.24, 2.45) is 0 Å². The number of hydrogen-bond donors (Lipinski definition) is 0. The van der Waals surface area contributed by atoms with Gasteiger partial charge in [0.2, 0.25) is 0 Å². The predicted octanol–water partition coefficient (Wildman–Crippen LogP) is 2.23. The van der Waals surface area contributed by atoms with E-state index in [0.717, 1.165) is 6.04 Å². The van der Waals surface area contributed by atoms with E-state index in [0.29, 0.717) is 25.6 Å². The summed E-state index contributed by atoms with van der Waals surface area (Å²) >= 11 is 4.94. The highest BCUT2D eigenvalue weighted by Gasteiger charge is 2.39. The molecule has 0 saturated heterocycles. The van der Waals surface area contributed by atoms with E-state index in [2.05, 4.69) is 0 Å². The van der Waals surface area contributed by atoms with Gasteiger partial charge in [0.05, 0.1) is 0 Å². The van der Waals surface area contributed by atoms with Crippen LogP contribution in [0.1, 0.15) is 20.8 Å². The first-order valence-electron chi connectivity index (χ1n) is 4.74. The molecule has 0 rings (SSSR count). The van der Waals surface area contributed by atoms with E-state index < -0.39 is 8.80 Å². The van der Waals surface area contributed by atoms with Crippen LogP contribution >= 0.6 is 12.6 Å². The van der Waals surface area contributed by atoms with Crippen LogP contribution in [-0.2, 0) is 13.3 Å². The normalized spacial score (nSPS) is 12.0. The monoisotopic (exact) mass is 223 g/mol. The van der Waals surface area contributed by atoms with E-state index in [1.54, 1.807) is 0 Å². The maximum Gasteiger partial charge on any atom is 0.501 e. The minimum absolute atomic E-state index is 0.627. The molecular weight excluding hydrogens is 204 g/mol. The van der Waals surface area contributed by atoms with E-state index >= 15 is 0 Å². The van der Waals surface area contributed by atoms with E-state index in [1.165, 1.54) is 0 Å². The predicted molar refractivity (Wildman–Crippen MR) is 57.9 cm³/mol. The third-order valence-corrected chi connectivity index (χ3v) is 5.12. The smallest absolute Gasteiger partial charge is 0.374 e. The summed E-state index contributed by atoms with van der Waals surface area (Å²) in [5, 5.41) is 0. The zero-order valence-corrected chi connectivity index (χ0v) is 10.5. The molecule has 0 heterocycles. The molecule has 0 unspecified atom stereocenters. The van der Waals surface area contributed by atoms with Gasteiger partial charge in [0, 0.05) is 31.6 Å². The van der Waals surface area contributed by atoms with Crippen molar-refractivity contribution in [2.75, 3.05) is 25.6 Å². The minimum Gasteiger partial charge on any atom is -0.374 e. The highest BCUT2D eigenvalue weighted by molar-refractivity contribution is 7.80. The van der Waals surface area contributed by atoms with Crippen LogP contribution < -0.4 is 0 Å². The summed E-state index contributed by atoms with van der Waals surface area (Å²) in [5.41, 5.74) is 0. The molecule has 0 aromatic carbocycles. The SMILES string of the molecule is CCO[Si](CC[S])(OCC)OCC. The minimum atomic E-state index is -2.40. The van der Waals surface area contributed by atoms with Gasteiger partial charge in [-0.15, -0.1) is 0 Å². The summed E-state index contributed by atoms with van der Waals surface area (Å²) < 4.78 is 16.7. The molecule has 0 aliphatic rings. The van der Waals surface area contributed by atoms with Gasteiger partial charge in [-0.2, -0.15) is 0 Å². The molecular formula is C8H19O3SSi. The lowest BCUT2D eigenvalue weighted by Crippen LogP contribution is -2.46. The van der Waals surface area contributed by atoms with E-state index in [4.69, 9.17) is 25.9 Å². The van der Waals surface area contributed by atoms with Crippen LogP contribution in [0.15, 0.2) is 0 Å². The molecule has 0 fully saturated rings. The van der Waals surface area contributed by atoms with Crippen molar-refractivity contribution in [1.82, 2.24) is 0 Å². The molecule has 0 spiro atoms. The fourth-order valence-corrected chi connectivity index (χ4v) is 4.13. The second-order valence-corrected chi connectivity index (χ2v) is 5.58. The first-order chi connectivity index (χ1) is 6.24. The third-order valence-electron chi connectivity index (χ3n) is 1.50. The fraction of sp³-hybridized carbons (Fsp3) is 1.00. The highest BCUT2D eigenvalue weighted by atomic mass is 32.1. The van der Waals surface area contributed by atoms with Gasteiger partial charge in [0.1, 0.15) is 0 Å². The van der Waals surface area contributed by atoms with Crippen LogP contribution in [0, 0.1) is 0 Å². The van der Waals surface area contributed by atoms with Crippen molar-refractivity contribution in [2.45, 2.75) is 26.8 Å². The molecule has 0 atom stereocenters. The Kier molecular flexibility index (Phi) is 8.08. The van der Waals surface area contributed by atoms with Crippen molar-refractivity contribution in [1.29, 1.82) is 0 Å². The molecule has 0 saturated carbocycles. The lowest BCUT2D eigenvalue weighted by atomic mass is 10.9. The van der Waals surface area contributed by atoms with Crippen molar-refractivity contribution in [3.63, 3.8) is 0 Å². The van der Waals surface area contributed by atoms with Crippen LogP contribution in [0.25, 0.3) is 0 Å². The molecule has 0 aromatic rings. The Balaban J connectivity index is 4.19. The Morgan fingerprint density at radius 2 is 1.31 bits per heavy atom. The fourth-order valence-electron chi connectivity index (χ4n) is 1.13. The summed E-state index contributed by atoms with van der Waals surface area (Å²) in [7, 11) is -2.40. The van der Waals surface area contributed by atoms with Gasteiger partial charge < -0.3 is 13.3 Å². The first-order valence-corrected chi connectivity index (χ1v) is 7.25. The van der Waals surface area contributed by atoms with Gasteiger partial charge >= 0.3 is 8.80 Å². The molecule has 0 bridgehead atoms. The number of rotatable bonds is 8. The molecule has 0 amide bonds. The maximum atomic E-state index is 5.58. The Labute approximate surface area is 87.5 Å². The Hall–Kier alpha value is 0.447. The molecule has 0 aromatic heterocycles. The standard InChI is InChI=1S/C8H19O3SSi/c1-4-9-13(8-7-12,10-5-2)11-6-3/h4-8H2,1-3H3. The van der Waals surface area contributed by atoms with Gasteiger partial charge in [0.15, 0.2) is 0 Å². The lowest BCUT2D eigenvalue weighted by Gasteiger charge is -2.27. The van der Waals surface area contributed by atoms with Crippen molar-refractivity contribution in [3.05, 3.63) is 0 Å². The van der Waals surface area contributed by atoms with Crippen molar-refractivity contribution in [3.8, 4) is 0 Å². The van der Waals surface area contributed by atoms with Gasteiger partial charge in [0.25, 0.3) is 0 Å². The zero-order valence-electron chi connectivity index (χ0n) is 8.67. The third kappa shape index (κ3) is 5.02. The maximum absolute atomic E-state index is 5.58. The van der Waals surface area contributed by atoms with Crippen molar-refractivity contribution >= 4 is 21.4 Å². The molecule has 79 valence electrons. The average molecular weight is 223 g/mol. The van der Waals surface area contributed by atoms with Crippen molar-refractivity contribution < 1.29 is 13.3 Å². The van der Waals surface area contributed by atoms with Crippen LogP contribution in [0.2, 0.25) is 6.04 Å². The summed E-state index contributed by atoms with van der Waals surface area (Å²) in [6.45, 7) is 7.72. The van der Waals surface area contributed by atoms with E-state index in [1.807, 2.05) is 20.8 Å². The molecule has 0 aliphatic heterocycles. The molecule has 1 radical (unpaired) electrons. The lowest BCUT2D eigenvalue weighted by molar-refractivity contribution is 0.0729. The Morgan fingerprint density at radius 1 is 0.923 bits per heavy atom. The summed E-state index contributed by atoms with van der Waals surface area (Å²) in [6, 6.07) is 0.734.